The average molecular weight is 293 g/mol. The zero-order chi connectivity index (χ0) is 13.8. The summed E-state index contributed by atoms with van der Waals surface area (Å²) >= 11 is 1.85. The SMILES string of the molecule is C=CCOC[C@@H]1CC[C@H]2[C@H]1OCCN2Cc1cccs1. The molecule has 4 heteroatoms. The maximum atomic E-state index is 6.05. The second kappa shape index (κ2) is 6.85. The van der Waals surface area contributed by atoms with Gasteiger partial charge in [0.05, 0.1) is 25.9 Å². The lowest BCUT2D eigenvalue weighted by atomic mass is 10.0. The quantitative estimate of drug-likeness (QED) is 0.594. The molecule has 0 bridgehead atoms. The fourth-order valence-corrected chi connectivity index (χ4v) is 4.15. The molecule has 110 valence electrons. The third-order valence-electron chi connectivity index (χ3n) is 4.34. The van der Waals surface area contributed by atoms with Crippen molar-refractivity contribution in [2.45, 2.75) is 31.5 Å². The molecule has 1 aromatic rings. The molecule has 0 aromatic carbocycles. The molecule has 2 fully saturated rings. The zero-order valence-corrected chi connectivity index (χ0v) is 12.7. The summed E-state index contributed by atoms with van der Waals surface area (Å²) in [6.45, 7) is 8.13. The highest BCUT2D eigenvalue weighted by molar-refractivity contribution is 7.09. The Morgan fingerprint density at radius 1 is 1.50 bits per heavy atom. The summed E-state index contributed by atoms with van der Waals surface area (Å²) in [6, 6.07) is 4.94. The first-order valence-corrected chi connectivity index (χ1v) is 8.33. The molecule has 0 amide bonds. The molecule has 1 aliphatic heterocycles. The van der Waals surface area contributed by atoms with Gasteiger partial charge in [-0.25, -0.2) is 0 Å². The van der Waals surface area contributed by atoms with Gasteiger partial charge < -0.3 is 9.47 Å². The van der Waals surface area contributed by atoms with Crippen LogP contribution < -0.4 is 0 Å². The van der Waals surface area contributed by atoms with E-state index in [1.54, 1.807) is 0 Å². The van der Waals surface area contributed by atoms with E-state index in [9.17, 15) is 0 Å². The molecule has 1 aromatic heterocycles. The molecule has 0 radical (unpaired) electrons. The van der Waals surface area contributed by atoms with Crippen molar-refractivity contribution in [2.75, 3.05) is 26.4 Å². The minimum Gasteiger partial charge on any atom is -0.377 e. The van der Waals surface area contributed by atoms with Gasteiger partial charge in [0.1, 0.15) is 0 Å². The van der Waals surface area contributed by atoms with Crippen molar-refractivity contribution < 1.29 is 9.47 Å². The largest absolute Gasteiger partial charge is 0.377 e. The van der Waals surface area contributed by atoms with Crippen molar-refractivity contribution in [3.8, 4) is 0 Å². The molecular weight excluding hydrogens is 270 g/mol. The third kappa shape index (κ3) is 3.14. The Labute approximate surface area is 125 Å². The fraction of sp³-hybridized carbons (Fsp3) is 0.625. The summed E-state index contributed by atoms with van der Waals surface area (Å²) in [7, 11) is 0. The highest BCUT2D eigenvalue weighted by atomic mass is 32.1. The molecule has 20 heavy (non-hydrogen) atoms. The van der Waals surface area contributed by atoms with Crippen LogP contribution in [0, 0.1) is 5.92 Å². The van der Waals surface area contributed by atoms with Gasteiger partial charge >= 0.3 is 0 Å². The Balaban J connectivity index is 1.58. The molecule has 2 heterocycles. The van der Waals surface area contributed by atoms with Crippen LogP contribution in [0.4, 0.5) is 0 Å². The Morgan fingerprint density at radius 2 is 2.45 bits per heavy atom. The first kappa shape index (κ1) is 14.3. The van der Waals surface area contributed by atoms with Gasteiger partial charge in [-0.15, -0.1) is 17.9 Å². The molecule has 1 aliphatic carbocycles. The number of ether oxygens (including phenoxy) is 2. The van der Waals surface area contributed by atoms with Crippen LogP contribution >= 0.6 is 11.3 Å². The first-order valence-electron chi connectivity index (χ1n) is 7.45. The summed E-state index contributed by atoms with van der Waals surface area (Å²) in [5, 5.41) is 2.16. The Morgan fingerprint density at radius 3 is 3.25 bits per heavy atom. The smallest absolute Gasteiger partial charge is 0.0781 e. The van der Waals surface area contributed by atoms with E-state index < -0.39 is 0 Å². The van der Waals surface area contributed by atoms with Gasteiger partial charge in [0.25, 0.3) is 0 Å². The van der Waals surface area contributed by atoms with E-state index in [-0.39, 0.29) is 0 Å². The molecule has 2 aliphatic rings. The fourth-order valence-electron chi connectivity index (χ4n) is 3.42. The van der Waals surface area contributed by atoms with Crippen molar-refractivity contribution >= 4 is 11.3 Å². The maximum Gasteiger partial charge on any atom is 0.0781 e. The van der Waals surface area contributed by atoms with Crippen LogP contribution in [0.25, 0.3) is 0 Å². The van der Waals surface area contributed by atoms with Gasteiger partial charge in [-0.3, -0.25) is 4.90 Å². The van der Waals surface area contributed by atoms with Gasteiger partial charge in [-0.1, -0.05) is 12.1 Å². The number of thiophene rings is 1. The lowest BCUT2D eigenvalue weighted by molar-refractivity contribution is -0.0866. The minimum absolute atomic E-state index is 0.355. The van der Waals surface area contributed by atoms with Crippen LogP contribution in [-0.2, 0) is 16.0 Å². The predicted molar refractivity (Wildman–Crippen MR) is 82.0 cm³/mol. The number of hydrogen-bond donors (Lipinski definition) is 0. The highest BCUT2D eigenvalue weighted by Crippen LogP contribution is 2.35. The maximum absolute atomic E-state index is 6.05. The van der Waals surface area contributed by atoms with Crippen LogP contribution in [0.15, 0.2) is 30.2 Å². The minimum atomic E-state index is 0.355. The lowest BCUT2D eigenvalue weighted by Gasteiger charge is -2.39. The van der Waals surface area contributed by atoms with Crippen molar-refractivity contribution in [1.29, 1.82) is 0 Å². The Hall–Kier alpha value is -0.680. The van der Waals surface area contributed by atoms with E-state index >= 15 is 0 Å². The summed E-state index contributed by atoms with van der Waals surface area (Å²) < 4.78 is 11.7. The van der Waals surface area contributed by atoms with Crippen molar-refractivity contribution in [2.24, 2.45) is 5.92 Å². The first-order chi connectivity index (χ1) is 9.88. The number of fused-ring (bicyclic) bond motifs is 1. The molecule has 0 spiro atoms. The van der Waals surface area contributed by atoms with E-state index in [1.165, 1.54) is 17.7 Å². The van der Waals surface area contributed by atoms with Gasteiger partial charge in [0, 0.05) is 29.9 Å². The van der Waals surface area contributed by atoms with E-state index in [0.29, 0.717) is 24.7 Å². The van der Waals surface area contributed by atoms with E-state index in [0.717, 1.165) is 26.3 Å². The van der Waals surface area contributed by atoms with Gasteiger partial charge in [0.2, 0.25) is 0 Å². The van der Waals surface area contributed by atoms with Crippen LogP contribution in [-0.4, -0.2) is 43.4 Å². The van der Waals surface area contributed by atoms with Crippen molar-refractivity contribution in [3.05, 3.63) is 35.0 Å². The summed E-state index contributed by atoms with van der Waals surface area (Å²) in [6.07, 6.45) is 4.62. The second-order valence-electron chi connectivity index (χ2n) is 5.62. The number of nitrogens with zero attached hydrogens (tertiary/aromatic N) is 1. The zero-order valence-electron chi connectivity index (χ0n) is 11.9. The lowest BCUT2D eigenvalue weighted by Crippen LogP contribution is -2.50. The standard InChI is InChI=1S/C16H23NO2S/c1-2-8-18-12-13-5-6-15-16(13)19-9-7-17(15)11-14-4-3-10-20-14/h2-4,10,13,15-16H,1,5-9,11-12H2/t13-,15-,16-/m0/s1. The van der Waals surface area contributed by atoms with Crippen LogP contribution in [0.3, 0.4) is 0 Å². The van der Waals surface area contributed by atoms with Crippen LogP contribution in [0.5, 0.6) is 0 Å². The predicted octanol–water partition coefficient (Wildman–Crippen LogP) is 2.93. The van der Waals surface area contributed by atoms with Gasteiger partial charge in [-0.2, -0.15) is 0 Å². The average Bonchev–Trinajstić information content (AvgIpc) is 3.10. The Bertz CT molecular complexity index is 420. The molecule has 3 atom stereocenters. The van der Waals surface area contributed by atoms with Crippen molar-refractivity contribution in [3.63, 3.8) is 0 Å². The molecule has 3 rings (SSSR count). The van der Waals surface area contributed by atoms with E-state index in [2.05, 4.69) is 29.0 Å². The molecular formula is C16H23NO2S. The topological polar surface area (TPSA) is 21.7 Å². The normalized spacial score (nSPS) is 30.3. The van der Waals surface area contributed by atoms with Crippen LogP contribution in [0.1, 0.15) is 17.7 Å². The number of morpholine rings is 1. The number of rotatable bonds is 6. The third-order valence-corrected chi connectivity index (χ3v) is 5.20. The van der Waals surface area contributed by atoms with Gasteiger partial charge in [0.15, 0.2) is 0 Å². The van der Waals surface area contributed by atoms with Crippen LogP contribution in [0.2, 0.25) is 0 Å². The van der Waals surface area contributed by atoms with E-state index in [4.69, 9.17) is 9.47 Å². The molecule has 0 unspecified atom stereocenters. The summed E-state index contributed by atoms with van der Waals surface area (Å²) in [5.74, 6) is 0.547. The number of hydrogen-bond acceptors (Lipinski definition) is 4. The monoisotopic (exact) mass is 293 g/mol. The molecule has 1 saturated carbocycles. The summed E-state index contributed by atoms with van der Waals surface area (Å²) in [5.41, 5.74) is 0. The van der Waals surface area contributed by atoms with Crippen molar-refractivity contribution in [1.82, 2.24) is 4.90 Å². The molecule has 0 N–H and O–H groups in total. The summed E-state index contributed by atoms with van der Waals surface area (Å²) in [4.78, 5) is 4.06. The van der Waals surface area contributed by atoms with Gasteiger partial charge in [-0.05, 0) is 24.3 Å². The Kier molecular flexibility index (Phi) is 4.89. The second-order valence-corrected chi connectivity index (χ2v) is 6.65. The highest BCUT2D eigenvalue weighted by Gasteiger charge is 2.42. The molecule has 3 nitrogen and oxygen atoms in total. The molecule has 1 saturated heterocycles. The van der Waals surface area contributed by atoms with E-state index in [1.807, 2.05) is 17.4 Å².